The van der Waals surface area contributed by atoms with Crippen LogP contribution < -0.4 is 0 Å². The molecule has 2 heterocycles. The molecule has 7 heteroatoms. The van der Waals surface area contributed by atoms with Crippen LogP contribution in [0.2, 0.25) is 0 Å². The van der Waals surface area contributed by atoms with Gasteiger partial charge in [-0.1, -0.05) is 18.2 Å². The molecule has 2 aliphatic rings. The molecule has 0 bridgehead atoms. The normalized spacial score (nSPS) is 17.7. The molecule has 160 valence electrons. The van der Waals surface area contributed by atoms with Gasteiger partial charge in [-0.05, 0) is 55.2 Å². The molecule has 0 unspecified atom stereocenters. The monoisotopic (exact) mass is 418 g/mol. The number of hydrogen-bond acceptors (Lipinski definition) is 4. The van der Waals surface area contributed by atoms with E-state index in [1.165, 1.54) is 0 Å². The number of benzene rings is 2. The molecule has 1 N–H and O–H groups in total. The van der Waals surface area contributed by atoms with Crippen molar-refractivity contribution in [3.05, 3.63) is 54.2 Å². The third-order valence-corrected chi connectivity index (χ3v) is 6.38. The number of nitrogens with zero attached hydrogens (tertiary/aromatic N) is 4. The molecule has 7 nitrogen and oxygen atoms in total. The van der Waals surface area contributed by atoms with Crippen LogP contribution in [0.3, 0.4) is 0 Å². The number of hydrogen-bond donors (Lipinski definition) is 1. The summed E-state index contributed by atoms with van der Waals surface area (Å²) >= 11 is 0. The Morgan fingerprint density at radius 2 is 1.61 bits per heavy atom. The average molecular weight is 418 g/mol. The van der Waals surface area contributed by atoms with Crippen molar-refractivity contribution in [3.8, 4) is 11.1 Å². The third kappa shape index (κ3) is 3.59. The molecule has 1 saturated heterocycles. The van der Waals surface area contributed by atoms with Gasteiger partial charge < -0.3 is 14.9 Å². The minimum absolute atomic E-state index is 0.0246. The van der Waals surface area contributed by atoms with Gasteiger partial charge in [0, 0.05) is 43.7 Å². The number of amides is 2. The Kier molecular flexibility index (Phi) is 4.78. The molecule has 2 aromatic carbocycles. The highest BCUT2D eigenvalue weighted by molar-refractivity contribution is 5.95. The van der Waals surface area contributed by atoms with Crippen molar-refractivity contribution in [1.29, 1.82) is 0 Å². The summed E-state index contributed by atoms with van der Waals surface area (Å²) in [5, 5.41) is 15.5. The van der Waals surface area contributed by atoms with Crippen LogP contribution in [-0.4, -0.2) is 68.3 Å². The van der Waals surface area contributed by atoms with Crippen LogP contribution >= 0.6 is 0 Å². The molecule has 31 heavy (non-hydrogen) atoms. The second-order valence-corrected chi connectivity index (χ2v) is 8.43. The second kappa shape index (κ2) is 7.50. The van der Waals surface area contributed by atoms with Crippen LogP contribution in [0, 0.1) is 0 Å². The zero-order chi connectivity index (χ0) is 21.6. The number of rotatable bonds is 4. The number of aryl methyl sites for hydroxylation is 1. The molecular weight excluding hydrogens is 392 g/mol. The van der Waals surface area contributed by atoms with E-state index in [-0.39, 0.29) is 11.8 Å². The van der Waals surface area contributed by atoms with E-state index in [1.54, 1.807) is 9.80 Å². The van der Waals surface area contributed by atoms with E-state index in [9.17, 15) is 14.7 Å². The molecule has 2 amide bonds. The van der Waals surface area contributed by atoms with Gasteiger partial charge >= 0.3 is 0 Å². The molecule has 1 aliphatic carbocycles. The quantitative estimate of drug-likeness (QED) is 0.706. The van der Waals surface area contributed by atoms with Crippen molar-refractivity contribution < 1.29 is 14.7 Å². The zero-order valence-electron chi connectivity index (χ0n) is 17.6. The number of piperazine rings is 1. The predicted octanol–water partition coefficient (Wildman–Crippen LogP) is 2.53. The highest BCUT2D eigenvalue weighted by Crippen LogP contribution is 2.37. The van der Waals surface area contributed by atoms with E-state index in [4.69, 9.17) is 0 Å². The molecule has 1 aliphatic heterocycles. The fourth-order valence-electron chi connectivity index (χ4n) is 4.25. The zero-order valence-corrected chi connectivity index (χ0v) is 17.6. The first kappa shape index (κ1) is 19.8. The van der Waals surface area contributed by atoms with Crippen molar-refractivity contribution in [2.45, 2.75) is 31.9 Å². The minimum atomic E-state index is -1.14. The van der Waals surface area contributed by atoms with E-state index < -0.39 is 5.60 Å². The Bertz CT molecular complexity index is 1140. The van der Waals surface area contributed by atoms with Crippen molar-refractivity contribution in [2.75, 3.05) is 26.2 Å². The largest absolute Gasteiger partial charge is 0.380 e. The van der Waals surface area contributed by atoms with Gasteiger partial charge in [0.15, 0.2) is 0 Å². The number of aliphatic hydroxyl groups is 1. The van der Waals surface area contributed by atoms with Gasteiger partial charge in [0.1, 0.15) is 5.60 Å². The van der Waals surface area contributed by atoms with Crippen LogP contribution in [0.4, 0.5) is 0 Å². The van der Waals surface area contributed by atoms with Crippen LogP contribution in [0.5, 0.6) is 0 Å². The highest BCUT2D eigenvalue weighted by Gasteiger charge is 2.50. The first-order valence-electron chi connectivity index (χ1n) is 10.9. The van der Waals surface area contributed by atoms with Crippen LogP contribution in [0.1, 0.15) is 30.1 Å². The molecular formula is C24H26N4O3. The maximum atomic E-state index is 12.9. The van der Waals surface area contributed by atoms with E-state index in [2.05, 4.69) is 30.2 Å². The van der Waals surface area contributed by atoms with E-state index in [1.807, 2.05) is 35.1 Å². The minimum Gasteiger partial charge on any atom is -0.380 e. The first-order valence-corrected chi connectivity index (χ1v) is 10.9. The smallest absolute Gasteiger partial charge is 0.254 e. The van der Waals surface area contributed by atoms with Gasteiger partial charge in [-0.25, -0.2) is 0 Å². The number of aromatic nitrogens is 2. The Hall–Kier alpha value is -3.19. The van der Waals surface area contributed by atoms with Gasteiger partial charge in [0.2, 0.25) is 0 Å². The fourth-order valence-corrected chi connectivity index (χ4v) is 4.25. The fraction of sp³-hybridized carbons (Fsp3) is 0.375. The lowest BCUT2D eigenvalue weighted by Crippen LogP contribution is -2.53. The highest BCUT2D eigenvalue weighted by atomic mass is 16.3. The summed E-state index contributed by atoms with van der Waals surface area (Å²) in [7, 11) is 0. The summed E-state index contributed by atoms with van der Waals surface area (Å²) in [5.41, 5.74) is 2.76. The summed E-state index contributed by atoms with van der Waals surface area (Å²) in [4.78, 5) is 28.6. The average Bonchev–Trinajstić information content (AvgIpc) is 3.44. The standard InChI is InChI=1S/C24H26N4O3/c1-2-28-21-8-7-19(15-20(21)16-25-28)17-3-5-18(6-4-17)22(29)26-11-13-27(14-12-26)23(30)24(31)9-10-24/h3-8,15-16,31H,2,9-14H2,1H3. The number of carbonyl (C=O) groups is 2. The first-order chi connectivity index (χ1) is 15.0. The van der Waals surface area contributed by atoms with Crippen molar-refractivity contribution in [3.63, 3.8) is 0 Å². The Balaban J connectivity index is 1.26. The molecule has 3 aromatic rings. The van der Waals surface area contributed by atoms with Gasteiger partial charge in [-0.15, -0.1) is 0 Å². The predicted molar refractivity (Wildman–Crippen MR) is 118 cm³/mol. The van der Waals surface area contributed by atoms with E-state index in [0.717, 1.165) is 28.6 Å². The summed E-state index contributed by atoms with van der Waals surface area (Å²) < 4.78 is 1.97. The topological polar surface area (TPSA) is 78.7 Å². The summed E-state index contributed by atoms with van der Waals surface area (Å²) in [6, 6.07) is 14.0. The van der Waals surface area contributed by atoms with Crippen LogP contribution in [-0.2, 0) is 11.3 Å². The SMILES string of the molecule is CCn1ncc2cc(-c3ccc(C(=O)N4CCN(C(=O)C5(O)CC5)CC4)cc3)ccc21. The van der Waals surface area contributed by atoms with Gasteiger partial charge in [0.05, 0.1) is 11.7 Å². The lowest BCUT2D eigenvalue weighted by atomic mass is 10.0. The van der Waals surface area contributed by atoms with Crippen molar-refractivity contribution in [2.24, 2.45) is 0 Å². The summed E-state index contributed by atoms with van der Waals surface area (Å²) in [6.07, 6.45) is 2.98. The second-order valence-electron chi connectivity index (χ2n) is 8.43. The van der Waals surface area contributed by atoms with Crippen LogP contribution in [0.25, 0.3) is 22.0 Å². The molecule has 0 radical (unpaired) electrons. The molecule has 2 fully saturated rings. The van der Waals surface area contributed by atoms with Gasteiger partial charge in [0.25, 0.3) is 11.8 Å². The molecule has 5 rings (SSSR count). The maximum Gasteiger partial charge on any atom is 0.254 e. The molecule has 0 spiro atoms. The number of fused-ring (bicyclic) bond motifs is 1. The lowest BCUT2D eigenvalue weighted by Gasteiger charge is -2.35. The van der Waals surface area contributed by atoms with Crippen LogP contribution in [0.15, 0.2) is 48.7 Å². The summed E-state index contributed by atoms with van der Waals surface area (Å²) in [6.45, 7) is 4.82. The molecule has 0 atom stereocenters. The van der Waals surface area contributed by atoms with Crippen molar-refractivity contribution in [1.82, 2.24) is 19.6 Å². The Morgan fingerprint density at radius 3 is 2.26 bits per heavy atom. The van der Waals surface area contributed by atoms with Crippen molar-refractivity contribution >= 4 is 22.7 Å². The molecule has 1 aromatic heterocycles. The lowest BCUT2D eigenvalue weighted by molar-refractivity contribution is -0.143. The van der Waals surface area contributed by atoms with Gasteiger partial charge in [-0.3, -0.25) is 14.3 Å². The number of carbonyl (C=O) groups excluding carboxylic acids is 2. The molecule has 1 saturated carbocycles. The Labute approximate surface area is 180 Å². The van der Waals surface area contributed by atoms with E-state index >= 15 is 0 Å². The third-order valence-electron chi connectivity index (χ3n) is 6.38. The maximum absolute atomic E-state index is 12.9. The summed E-state index contributed by atoms with van der Waals surface area (Å²) in [5.74, 6) is -0.214. The van der Waals surface area contributed by atoms with E-state index in [0.29, 0.717) is 44.6 Å². The van der Waals surface area contributed by atoms with Gasteiger partial charge in [-0.2, -0.15) is 5.10 Å². The Morgan fingerprint density at radius 1 is 0.968 bits per heavy atom.